The van der Waals surface area contributed by atoms with Crippen molar-refractivity contribution < 1.29 is 0 Å². The molecular formula is C15H20N4S. The summed E-state index contributed by atoms with van der Waals surface area (Å²) >= 11 is 4.31. The fourth-order valence-electron chi connectivity index (χ4n) is 1.44. The zero-order valence-corrected chi connectivity index (χ0v) is 12.5. The normalized spacial score (nSPS) is 21.7. The van der Waals surface area contributed by atoms with E-state index in [1.807, 2.05) is 31.4 Å². The third-order valence-corrected chi connectivity index (χ3v) is 2.86. The molecule has 0 spiro atoms. The highest BCUT2D eigenvalue weighted by atomic mass is 32.1. The van der Waals surface area contributed by atoms with Gasteiger partial charge in [0, 0.05) is 30.4 Å². The smallest absolute Gasteiger partial charge is 0.0704 e. The minimum atomic E-state index is 0.665. The number of rotatable bonds is 6. The number of hydrogen-bond acceptors (Lipinski definition) is 5. The molecule has 0 saturated heterocycles. The first kappa shape index (κ1) is 15.9. The van der Waals surface area contributed by atoms with E-state index in [1.165, 1.54) is 0 Å². The Bertz CT molecular complexity index is 510. The maximum Gasteiger partial charge on any atom is 0.0704 e. The van der Waals surface area contributed by atoms with Gasteiger partial charge in [0.1, 0.15) is 0 Å². The van der Waals surface area contributed by atoms with Gasteiger partial charge in [0.15, 0.2) is 0 Å². The van der Waals surface area contributed by atoms with Crippen LogP contribution in [-0.2, 0) is 0 Å². The van der Waals surface area contributed by atoms with E-state index in [-0.39, 0.29) is 0 Å². The predicted octanol–water partition coefficient (Wildman–Crippen LogP) is 2.22. The van der Waals surface area contributed by atoms with Gasteiger partial charge in [-0.3, -0.25) is 5.43 Å². The lowest BCUT2D eigenvalue weighted by Gasteiger charge is -2.07. The first-order chi connectivity index (χ1) is 9.67. The predicted molar refractivity (Wildman–Crippen MR) is 90.4 cm³/mol. The summed E-state index contributed by atoms with van der Waals surface area (Å²) in [6.07, 6.45) is 12.9. The van der Waals surface area contributed by atoms with E-state index in [0.29, 0.717) is 6.54 Å². The first-order valence-electron chi connectivity index (χ1n) is 6.17. The summed E-state index contributed by atoms with van der Waals surface area (Å²) < 4.78 is 0. The van der Waals surface area contributed by atoms with Gasteiger partial charge in [-0.1, -0.05) is 25.3 Å². The van der Waals surface area contributed by atoms with Gasteiger partial charge in [-0.25, -0.2) is 0 Å². The van der Waals surface area contributed by atoms with Gasteiger partial charge in [0.05, 0.1) is 11.9 Å². The quantitative estimate of drug-likeness (QED) is 0.448. The van der Waals surface area contributed by atoms with Crippen LogP contribution in [0, 0.1) is 0 Å². The van der Waals surface area contributed by atoms with Crippen LogP contribution in [0.15, 0.2) is 76.7 Å². The Hall–Kier alpha value is -2.14. The molecule has 0 amide bonds. The molecule has 5 heteroatoms. The minimum Gasteiger partial charge on any atom is -0.387 e. The molecule has 1 aliphatic rings. The summed E-state index contributed by atoms with van der Waals surface area (Å²) in [5, 5.41) is 10.3. The Balaban J connectivity index is 2.59. The van der Waals surface area contributed by atoms with Crippen LogP contribution in [-0.4, -0.2) is 19.8 Å². The zero-order chi connectivity index (χ0) is 14.8. The fourth-order valence-corrected chi connectivity index (χ4v) is 1.62. The first-order valence-corrected chi connectivity index (χ1v) is 6.61. The van der Waals surface area contributed by atoms with E-state index in [2.05, 4.69) is 46.9 Å². The summed E-state index contributed by atoms with van der Waals surface area (Å²) in [6, 6.07) is 0. The van der Waals surface area contributed by atoms with E-state index < -0.39 is 0 Å². The van der Waals surface area contributed by atoms with Crippen LogP contribution in [0.25, 0.3) is 0 Å². The molecule has 0 aromatic rings. The Morgan fingerprint density at radius 3 is 3.05 bits per heavy atom. The van der Waals surface area contributed by atoms with Gasteiger partial charge in [-0.2, -0.15) is 5.10 Å². The van der Waals surface area contributed by atoms with Crippen LogP contribution in [0.2, 0.25) is 0 Å². The van der Waals surface area contributed by atoms with Crippen molar-refractivity contribution in [3.63, 3.8) is 0 Å². The van der Waals surface area contributed by atoms with Crippen LogP contribution in [0.1, 0.15) is 0 Å². The van der Waals surface area contributed by atoms with E-state index in [0.717, 1.165) is 21.9 Å². The van der Waals surface area contributed by atoms with E-state index in [4.69, 9.17) is 0 Å². The molecule has 20 heavy (non-hydrogen) atoms. The Morgan fingerprint density at radius 2 is 2.35 bits per heavy atom. The molecule has 1 heterocycles. The van der Waals surface area contributed by atoms with Gasteiger partial charge < -0.3 is 10.6 Å². The second-order valence-corrected chi connectivity index (χ2v) is 4.41. The molecular weight excluding hydrogens is 268 g/mol. The van der Waals surface area contributed by atoms with E-state index in [9.17, 15) is 0 Å². The number of nitrogens with one attached hydrogen (secondary N) is 3. The third kappa shape index (κ3) is 5.67. The Labute approximate surface area is 125 Å². The van der Waals surface area contributed by atoms with Crippen LogP contribution in [0.3, 0.4) is 0 Å². The van der Waals surface area contributed by atoms with Gasteiger partial charge in [-0.15, -0.1) is 12.6 Å². The second kappa shape index (κ2) is 8.87. The van der Waals surface area contributed by atoms with Crippen LogP contribution in [0.5, 0.6) is 0 Å². The van der Waals surface area contributed by atoms with Crippen molar-refractivity contribution in [2.24, 2.45) is 5.10 Å². The third-order valence-electron chi connectivity index (χ3n) is 2.44. The lowest BCUT2D eigenvalue weighted by atomic mass is 10.2. The molecule has 0 aliphatic carbocycles. The van der Waals surface area contributed by atoms with Crippen LogP contribution < -0.4 is 16.1 Å². The summed E-state index contributed by atoms with van der Waals surface area (Å²) in [4.78, 5) is 0.804. The monoisotopic (exact) mass is 288 g/mol. The Kier molecular flexibility index (Phi) is 7.06. The van der Waals surface area contributed by atoms with Crippen LogP contribution >= 0.6 is 12.6 Å². The number of likely N-dealkylation sites (N-methyl/N-ethyl adjacent to an activating group) is 1. The molecule has 1 rings (SSSR count). The summed E-state index contributed by atoms with van der Waals surface area (Å²) in [5.41, 5.74) is 5.48. The molecule has 0 saturated carbocycles. The molecule has 0 aromatic carbocycles. The highest BCUT2D eigenvalue weighted by molar-refractivity contribution is 7.84. The van der Waals surface area contributed by atoms with Crippen molar-refractivity contribution in [1.29, 1.82) is 0 Å². The SMILES string of the molecule is C=C/C(S)=C(\C=C/CNC1=C/C(=C)/C=C\N/N=C\1)NC. The standard InChI is InChI=1S/C15H20N4S/c1-4-15(20)14(16-3)6-5-8-17-13-10-12(2)7-9-18-19-11-13/h4-7,9-11,16-18,20H,1-2,8H2,3H3/b6-5-,9-7-,13-10+,15-14-,19-11-. The van der Waals surface area contributed by atoms with Gasteiger partial charge in [0.2, 0.25) is 0 Å². The van der Waals surface area contributed by atoms with Crippen LogP contribution in [0.4, 0.5) is 0 Å². The average Bonchev–Trinajstić information content (AvgIpc) is 2.43. The highest BCUT2D eigenvalue weighted by Crippen LogP contribution is 2.08. The molecule has 0 unspecified atom stereocenters. The van der Waals surface area contributed by atoms with Crippen molar-refractivity contribution in [1.82, 2.24) is 16.1 Å². The minimum absolute atomic E-state index is 0.665. The van der Waals surface area contributed by atoms with Gasteiger partial charge in [0.25, 0.3) is 0 Å². The molecule has 0 aromatic heterocycles. The number of allylic oxidation sites excluding steroid dienone is 6. The summed E-state index contributed by atoms with van der Waals surface area (Å²) in [5.74, 6) is 0. The maximum absolute atomic E-state index is 4.31. The highest BCUT2D eigenvalue weighted by Gasteiger charge is 1.95. The molecule has 1 aliphatic heterocycles. The van der Waals surface area contributed by atoms with Crippen molar-refractivity contribution >= 4 is 18.8 Å². The van der Waals surface area contributed by atoms with E-state index in [1.54, 1.807) is 18.5 Å². The Morgan fingerprint density at radius 1 is 1.55 bits per heavy atom. The van der Waals surface area contributed by atoms with Crippen molar-refractivity contribution in [2.45, 2.75) is 0 Å². The van der Waals surface area contributed by atoms with Crippen molar-refractivity contribution in [2.75, 3.05) is 13.6 Å². The summed E-state index contributed by atoms with van der Waals surface area (Å²) in [6.45, 7) is 8.26. The lowest BCUT2D eigenvalue weighted by molar-refractivity contribution is 0.923. The molecule has 0 radical (unpaired) electrons. The number of hydrogen-bond donors (Lipinski definition) is 4. The zero-order valence-electron chi connectivity index (χ0n) is 11.6. The maximum atomic E-state index is 4.31. The van der Waals surface area contributed by atoms with Gasteiger partial charge in [-0.05, 0) is 23.8 Å². The molecule has 4 nitrogen and oxygen atoms in total. The molecule has 106 valence electrons. The molecule has 0 atom stereocenters. The number of thiol groups is 1. The topological polar surface area (TPSA) is 48.5 Å². The summed E-state index contributed by atoms with van der Waals surface area (Å²) in [7, 11) is 1.85. The van der Waals surface area contributed by atoms with Gasteiger partial charge >= 0.3 is 0 Å². The molecule has 3 N–H and O–H groups in total. The second-order valence-electron chi connectivity index (χ2n) is 3.93. The average molecular weight is 288 g/mol. The lowest BCUT2D eigenvalue weighted by Crippen LogP contribution is -2.16. The number of nitrogens with zero attached hydrogens (tertiary/aromatic N) is 1. The van der Waals surface area contributed by atoms with Crippen molar-refractivity contribution in [3.05, 3.63) is 71.6 Å². The van der Waals surface area contributed by atoms with E-state index >= 15 is 0 Å². The molecule has 0 bridgehead atoms. The fraction of sp³-hybridized carbons (Fsp3) is 0.133. The largest absolute Gasteiger partial charge is 0.387 e. The number of hydrazone groups is 1. The molecule has 0 fully saturated rings. The van der Waals surface area contributed by atoms with Crippen molar-refractivity contribution in [3.8, 4) is 0 Å².